The Morgan fingerprint density at radius 2 is 2.05 bits per heavy atom. The molecule has 0 bridgehead atoms. The van der Waals surface area contributed by atoms with Crippen molar-refractivity contribution in [3.05, 3.63) is 11.6 Å². The number of amides is 2. The molecule has 1 heterocycles. The van der Waals surface area contributed by atoms with Crippen LogP contribution in [0.1, 0.15) is 25.7 Å². The molecule has 0 N–H and O–H groups in total. The van der Waals surface area contributed by atoms with Gasteiger partial charge >= 0.3 is 6.03 Å². The van der Waals surface area contributed by atoms with Gasteiger partial charge in [0.15, 0.2) is 0 Å². The summed E-state index contributed by atoms with van der Waals surface area (Å²) in [6.07, 6.45) is 6.22. The van der Waals surface area contributed by atoms with Crippen molar-refractivity contribution in [3.63, 3.8) is 0 Å². The van der Waals surface area contributed by atoms with Crippen LogP contribution in [0.4, 0.5) is 4.79 Å². The molecule has 1 unspecified atom stereocenters. The molecule has 5 nitrogen and oxygen atoms in total. The maximum Gasteiger partial charge on any atom is 0.321 e. The fourth-order valence-corrected chi connectivity index (χ4v) is 2.96. The quantitative estimate of drug-likeness (QED) is 0.729. The summed E-state index contributed by atoms with van der Waals surface area (Å²) in [7, 11) is 3.66. The van der Waals surface area contributed by atoms with Crippen molar-refractivity contribution in [1.29, 1.82) is 5.26 Å². The molecule has 0 radical (unpaired) electrons. The first-order valence-corrected chi connectivity index (χ1v) is 6.83. The molecule has 5 heteroatoms. The molecule has 104 valence electrons. The van der Waals surface area contributed by atoms with E-state index in [4.69, 9.17) is 5.26 Å². The molecule has 0 spiro atoms. The van der Waals surface area contributed by atoms with Gasteiger partial charge in [0.05, 0.1) is 19.4 Å². The highest BCUT2D eigenvalue weighted by atomic mass is 16.2. The van der Waals surface area contributed by atoms with Gasteiger partial charge in [0, 0.05) is 27.1 Å². The molecule has 0 saturated carbocycles. The standard InChI is InChI=1S/C14H22N4O/c1-16-10-18(11-17(2)14(16)19)9-13-5-3-4-12(8-13)6-7-15/h5,12H,3-4,6,8-11H2,1-2H3. The Balaban J connectivity index is 1.89. The first-order chi connectivity index (χ1) is 9.10. The van der Waals surface area contributed by atoms with E-state index in [1.807, 2.05) is 14.1 Å². The predicted octanol–water partition coefficient (Wildman–Crippen LogP) is 1.84. The summed E-state index contributed by atoms with van der Waals surface area (Å²) in [6, 6.07) is 2.36. The lowest BCUT2D eigenvalue weighted by atomic mass is 9.87. The van der Waals surface area contributed by atoms with E-state index in [2.05, 4.69) is 17.0 Å². The number of carbonyl (C=O) groups excluding carboxylic acids is 1. The Kier molecular flexibility index (Phi) is 4.43. The number of rotatable bonds is 3. The van der Waals surface area contributed by atoms with E-state index in [9.17, 15) is 4.79 Å². The Morgan fingerprint density at radius 1 is 1.37 bits per heavy atom. The minimum Gasteiger partial charge on any atom is -0.315 e. The van der Waals surface area contributed by atoms with Gasteiger partial charge in [-0.05, 0) is 25.2 Å². The minimum absolute atomic E-state index is 0.0798. The van der Waals surface area contributed by atoms with Crippen LogP contribution in [0, 0.1) is 17.2 Å². The van der Waals surface area contributed by atoms with E-state index in [0.29, 0.717) is 25.7 Å². The van der Waals surface area contributed by atoms with Crippen molar-refractivity contribution >= 4 is 6.03 Å². The second-order valence-corrected chi connectivity index (χ2v) is 5.66. The topological polar surface area (TPSA) is 50.6 Å². The van der Waals surface area contributed by atoms with Crippen molar-refractivity contribution in [2.75, 3.05) is 34.0 Å². The SMILES string of the molecule is CN1CN(CC2=CCCC(CC#N)C2)CN(C)C1=O. The van der Waals surface area contributed by atoms with Gasteiger partial charge in [0.1, 0.15) is 0 Å². The van der Waals surface area contributed by atoms with Crippen molar-refractivity contribution in [2.24, 2.45) is 5.92 Å². The van der Waals surface area contributed by atoms with Gasteiger partial charge in [-0.15, -0.1) is 0 Å². The van der Waals surface area contributed by atoms with Gasteiger partial charge in [0.2, 0.25) is 0 Å². The summed E-state index contributed by atoms with van der Waals surface area (Å²) in [4.78, 5) is 17.4. The molecule has 2 aliphatic rings. The van der Waals surface area contributed by atoms with Gasteiger partial charge in [0.25, 0.3) is 0 Å². The lowest BCUT2D eigenvalue weighted by Crippen LogP contribution is -2.55. The van der Waals surface area contributed by atoms with E-state index in [1.54, 1.807) is 9.80 Å². The predicted molar refractivity (Wildman–Crippen MR) is 73.0 cm³/mol. The molecule has 1 atom stereocenters. The second-order valence-electron chi connectivity index (χ2n) is 5.66. The highest BCUT2D eigenvalue weighted by Gasteiger charge is 2.26. The Bertz CT molecular complexity index is 398. The van der Waals surface area contributed by atoms with Crippen LogP contribution in [0.25, 0.3) is 0 Å². The van der Waals surface area contributed by atoms with E-state index in [-0.39, 0.29) is 6.03 Å². The monoisotopic (exact) mass is 262 g/mol. The van der Waals surface area contributed by atoms with Crippen molar-refractivity contribution in [3.8, 4) is 6.07 Å². The van der Waals surface area contributed by atoms with Crippen LogP contribution in [0.3, 0.4) is 0 Å². The number of hydrogen-bond acceptors (Lipinski definition) is 3. The molecule has 2 amide bonds. The average molecular weight is 262 g/mol. The molecular formula is C14H22N4O. The highest BCUT2D eigenvalue weighted by Crippen LogP contribution is 2.27. The van der Waals surface area contributed by atoms with Crippen LogP contribution in [0.5, 0.6) is 0 Å². The number of nitrogens with zero attached hydrogens (tertiary/aromatic N) is 4. The molecule has 1 fully saturated rings. The van der Waals surface area contributed by atoms with Gasteiger partial charge in [-0.25, -0.2) is 4.79 Å². The average Bonchev–Trinajstić information content (AvgIpc) is 2.37. The van der Waals surface area contributed by atoms with E-state index >= 15 is 0 Å². The van der Waals surface area contributed by atoms with E-state index < -0.39 is 0 Å². The van der Waals surface area contributed by atoms with Crippen molar-refractivity contribution < 1.29 is 4.79 Å². The van der Waals surface area contributed by atoms with Gasteiger partial charge in [-0.1, -0.05) is 11.6 Å². The molecule has 1 aliphatic heterocycles. The highest BCUT2D eigenvalue weighted by molar-refractivity contribution is 5.74. The van der Waals surface area contributed by atoms with E-state index in [1.165, 1.54) is 5.57 Å². The summed E-state index contributed by atoms with van der Waals surface area (Å²) in [6.45, 7) is 2.27. The Morgan fingerprint density at radius 3 is 2.68 bits per heavy atom. The number of urea groups is 1. The summed E-state index contributed by atoms with van der Waals surface area (Å²) < 4.78 is 0. The smallest absolute Gasteiger partial charge is 0.315 e. The fraction of sp³-hybridized carbons (Fsp3) is 0.714. The van der Waals surface area contributed by atoms with Crippen LogP contribution < -0.4 is 0 Å². The van der Waals surface area contributed by atoms with Crippen LogP contribution in [0.15, 0.2) is 11.6 Å². The molecule has 1 saturated heterocycles. The molecule has 0 aromatic carbocycles. The third-order valence-corrected chi connectivity index (χ3v) is 3.84. The molecule has 19 heavy (non-hydrogen) atoms. The lowest BCUT2D eigenvalue weighted by Gasteiger charge is -2.39. The molecule has 1 aliphatic carbocycles. The van der Waals surface area contributed by atoms with Crippen LogP contribution in [0.2, 0.25) is 0 Å². The van der Waals surface area contributed by atoms with Gasteiger partial charge in [-0.3, -0.25) is 4.90 Å². The van der Waals surface area contributed by atoms with Crippen LogP contribution in [-0.4, -0.2) is 54.7 Å². The summed E-state index contributed by atoms with van der Waals surface area (Å²) in [5, 5.41) is 8.79. The van der Waals surface area contributed by atoms with Crippen LogP contribution >= 0.6 is 0 Å². The number of allylic oxidation sites excluding steroid dienone is 1. The molecular weight excluding hydrogens is 240 g/mol. The summed E-state index contributed by atoms with van der Waals surface area (Å²) in [5.41, 5.74) is 1.42. The third kappa shape index (κ3) is 3.48. The Labute approximate surface area is 115 Å². The van der Waals surface area contributed by atoms with Crippen molar-refractivity contribution in [2.45, 2.75) is 25.7 Å². The first kappa shape index (κ1) is 13.9. The summed E-state index contributed by atoms with van der Waals surface area (Å²) >= 11 is 0. The van der Waals surface area contributed by atoms with Crippen LogP contribution in [-0.2, 0) is 0 Å². The van der Waals surface area contributed by atoms with Crippen molar-refractivity contribution in [1.82, 2.24) is 14.7 Å². The van der Waals surface area contributed by atoms with E-state index in [0.717, 1.165) is 25.8 Å². The number of carbonyl (C=O) groups is 1. The largest absolute Gasteiger partial charge is 0.321 e. The number of nitriles is 1. The maximum absolute atomic E-state index is 11.7. The second kappa shape index (κ2) is 6.07. The zero-order chi connectivity index (χ0) is 13.8. The van der Waals surface area contributed by atoms with Gasteiger partial charge < -0.3 is 9.80 Å². The normalized spacial score (nSPS) is 25.2. The summed E-state index contributed by atoms with van der Waals surface area (Å²) in [5.74, 6) is 0.520. The molecule has 0 aromatic rings. The molecule has 2 rings (SSSR count). The first-order valence-electron chi connectivity index (χ1n) is 6.83. The fourth-order valence-electron chi connectivity index (χ4n) is 2.96. The minimum atomic E-state index is 0.0798. The molecule has 0 aromatic heterocycles. The number of hydrogen-bond donors (Lipinski definition) is 0. The zero-order valence-corrected chi connectivity index (χ0v) is 11.8. The maximum atomic E-state index is 11.7. The zero-order valence-electron chi connectivity index (χ0n) is 11.8. The lowest BCUT2D eigenvalue weighted by molar-refractivity contribution is 0.0602. The van der Waals surface area contributed by atoms with Gasteiger partial charge in [-0.2, -0.15) is 5.26 Å². The third-order valence-electron chi connectivity index (χ3n) is 3.84. The Hall–Kier alpha value is -1.54.